The number of amides is 1. The minimum absolute atomic E-state index is 0.162. The van der Waals surface area contributed by atoms with Crippen molar-refractivity contribution in [2.45, 2.75) is 45.7 Å². The zero-order chi connectivity index (χ0) is 18.2. The molecule has 0 aliphatic heterocycles. The Labute approximate surface area is 147 Å². The standard InChI is InChI=1S/C19H24N2O4/c1-3-13-7-5-8-14(4-2)18(13)21-17(22)11-16(19(23)24)20-12-15-9-6-10-25-15/h5-10,16,20H,3-4,11-12H2,1-2H3,(H,21,22)(H,23,24)/t16-/m0/s1. The fourth-order valence-corrected chi connectivity index (χ4v) is 2.74. The molecule has 1 heterocycles. The molecule has 25 heavy (non-hydrogen) atoms. The van der Waals surface area contributed by atoms with Gasteiger partial charge in [0.15, 0.2) is 5.76 Å². The molecular weight excluding hydrogens is 320 g/mol. The highest BCUT2D eigenvalue weighted by Crippen LogP contribution is 2.22. The van der Waals surface area contributed by atoms with Crippen LogP contribution in [0.15, 0.2) is 41.0 Å². The van der Waals surface area contributed by atoms with Crippen molar-refractivity contribution in [2.75, 3.05) is 5.32 Å². The van der Waals surface area contributed by atoms with Crippen molar-refractivity contribution in [3.8, 4) is 0 Å². The quantitative estimate of drug-likeness (QED) is 0.696. The number of nitrogens with two attached hydrogens (primary N) is 1. The molecule has 0 radical (unpaired) electrons. The minimum Gasteiger partial charge on any atom is -0.544 e. The number of hydrogen-bond donors (Lipinski definition) is 2. The Balaban J connectivity index is 2.03. The third-order valence-electron chi connectivity index (χ3n) is 4.15. The van der Waals surface area contributed by atoms with Gasteiger partial charge in [0.2, 0.25) is 5.91 Å². The topological polar surface area (TPSA) is 99.0 Å². The number of aliphatic carboxylic acids is 1. The first-order valence-corrected chi connectivity index (χ1v) is 8.52. The van der Waals surface area contributed by atoms with Crippen LogP contribution in [-0.2, 0) is 29.0 Å². The number of carboxylic acid groups (broad SMARTS) is 1. The maximum absolute atomic E-state index is 12.4. The van der Waals surface area contributed by atoms with Crippen molar-refractivity contribution in [1.29, 1.82) is 0 Å². The Kier molecular flexibility index (Phi) is 6.77. The van der Waals surface area contributed by atoms with Crippen molar-refractivity contribution in [3.05, 3.63) is 53.5 Å². The molecule has 6 heteroatoms. The summed E-state index contributed by atoms with van der Waals surface area (Å²) in [6, 6.07) is 8.42. The molecule has 0 spiro atoms. The largest absolute Gasteiger partial charge is 0.544 e. The molecule has 1 atom stereocenters. The van der Waals surface area contributed by atoms with E-state index in [1.54, 1.807) is 17.4 Å². The molecule has 134 valence electrons. The number of quaternary nitrogens is 1. The second kappa shape index (κ2) is 9.03. The molecule has 0 aliphatic rings. The predicted octanol–water partition coefficient (Wildman–Crippen LogP) is 0.615. The molecule has 1 aromatic heterocycles. The van der Waals surface area contributed by atoms with Gasteiger partial charge in [0.25, 0.3) is 0 Å². The lowest BCUT2D eigenvalue weighted by atomic mass is 10.0. The number of para-hydroxylation sites is 1. The van der Waals surface area contributed by atoms with Crippen LogP contribution in [0.5, 0.6) is 0 Å². The Morgan fingerprint density at radius 3 is 2.36 bits per heavy atom. The zero-order valence-electron chi connectivity index (χ0n) is 14.6. The number of carbonyl (C=O) groups is 2. The number of hydrogen-bond acceptors (Lipinski definition) is 4. The van der Waals surface area contributed by atoms with Crippen molar-refractivity contribution >= 4 is 17.6 Å². The van der Waals surface area contributed by atoms with E-state index in [4.69, 9.17) is 4.42 Å². The van der Waals surface area contributed by atoms with Gasteiger partial charge in [0.1, 0.15) is 12.6 Å². The van der Waals surface area contributed by atoms with Gasteiger partial charge in [-0.1, -0.05) is 32.0 Å². The molecule has 2 aromatic rings. The van der Waals surface area contributed by atoms with Gasteiger partial charge in [0, 0.05) is 5.69 Å². The fourth-order valence-electron chi connectivity index (χ4n) is 2.74. The first-order chi connectivity index (χ1) is 12.0. The van der Waals surface area contributed by atoms with E-state index in [0.717, 1.165) is 29.7 Å². The van der Waals surface area contributed by atoms with E-state index < -0.39 is 12.0 Å². The SMILES string of the molecule is CCc1cccc(CC)c1NC(=O)C[C@H]([NH2+]Cc1ccco1)C(=O)[O-]. The number of nitrogens with one attached hydrogen (secondary N) is 1. The number of furan rings is 1. The van der Waals surface area contributed by atoms with Crippen LogP contribution in [0.1, 0.15) is 37.2 Å². The molecule has 1 aromatic carbocycles. The summed E-state index contributed by atoms with van der Waals surface area (Å²) >= 11 is 0. The van der Waals surface area contributed by atoms with Gasteiger partial charge in [-0.2, -0.15) is 0 Å². The van der Waals surface area contributed by atoms with Crippen LogP contribution in [-0.4, -0.2) is 17.9 Å². The van der Waals surface area contributed by atoms with E-state index in [1.807, 2.05) is 32.0 Å². The van der Waals surface area contributed by atoms with E-state index >= 15 is 0 Å². The molecule has 0 saturated heterocycles. The third kappa shape index (κ3) is 5.19. The fraction of sp³-hybridized carbons (Fsp3) is 0.368. The monoisotopic (exact) mass is 344 g/mol. The second-order valence-corrected chi connectivity index (χ2v) is 5.86. The van der Waals surface area contributed by atoms with E-state index in [2.05, 4.69) is 5.32 Å². The van der Waals surface area contributed by atoms with Crippen LogP contribution >= 0.6 is 0 Å². The average molecular weight is 344 g/mol. The van der Waals surface area contributed by atoms with Crippen molar-refractivity contribution < 1.29 is 24.4 Å². The Bertz CT molecular complexity index is 688. The summed E-state index contributed by atoms with van der Waals surface area (Å²) in [5.41, 5.74) is 2.87. The number of aryl methyl sites for hydroxylation is 2. The van der Waals surface area contributed by atoms with E-state index in [-0.39, 0.29) is 12.3 Å². The highest BCUT2D eigenvalue weighted by atomic mass is 16.4. The minimum atomic E-state index is -1.26. The lowest BCUT2D eigenvalue weighted by molar-refractivity contribution is -0.698. The van der Waals surface area contributed by atoms with E-state index in [0.29, 0.717) is 12.3 Å². The highest BCUT2D eigenvalue weighted by molar-refractivity contribution is 5.94. The molecule has 0 saturated carbocycles. The Morgan fingerprint density at radius 2 is 1.84 bits per heavy atom. The summed E-state index contributed by atoms with van der Waals surface area (Å²) in [5.74, 6) is -0.946. The maximum Gasteiger partial charge on any atom is 0.230 e. The molecular formula is C19H24N2O4. The summed E-state index contributed by atoms with van der Waals surface area (Å²) in [7, 11) is 0. The maximum atomic E-state index is 12.4. The predicted molar refractivity (Wildman–Crippen MR) is 91.6 cm³/mol. The number of carbonyl (C=O) groups excluding carboxylic acids is 2. The highest BCUT2D eigenvalue weighted by Gasteiger charge is 2.20. The van der Waals surface area contributed by atoms with Crippen LogP contribution in [0, 0.1) is 0 Å². The number of anilines is 1. The number of benzene rings is 1. The lowest BCUT2D eigenvalue weighted by Crippen LogP contribution is -2.92. The Hall–Kier alpha value is -2.60. The molecule has 0 fully saturated rings. The zero-order valence-corrected chi connectivity index (χ0v) is 14.6. The lowest BCUT2D eigenvalue weighted by Gasteiger charge is -2.18. The van der Waals surface area contributed by atoms with Crippen molar-refractivity contribution in [2.24, 2.45) is 0 Å². The van der Waals surface area contributed by atoms with Crippen LogP contribution in [0.4, 0.5) is 5.69 Å². The summed E-state index contributed by atoms with van der Waals surface area (Å²) < 4.78 is 5.18. The number of carboxylic acids is 1. The van der Waals surface area contributed by atoms with Crippen molar-refractivity contribution in [1.82, 2.24) is 0 Å². The first kappa shape index (κ1) is 18.7. The average Bonchev–Trinajstić information content (AvgIpc) is 3.11. The van der Waals surface area contributed by atoms with Gasteiger partial charge in [-0.3, -0.25) is 4.79 Å². The molecule has 1 amide bonds. The number of rotatable bonds is 9. The van der Waals surface area contributed by atoms with Crippen LogP contribution in [0.25, 0.3) is 0 Å². The summed E-state index contributed by atoms with van der Waals surface area (Å²) in [5, 5.41) is 15.8. The molecule has 3 N–H and O–H groups in total. The second-order valence-electron chi connectivity index (χ2n) is 5.86. The van der Waals surface area contributed by atoms with Gasteiger partial charge in [-0.05, 0) is 36.1 Å². The molecule has 6 nitrogen and oxygen atoms in total. The van der Waals surface area contributed by atoms with Gasteiger partial charge in [0.05, 0.1) is 18.7 Å². The van der Waals surface area contributed by atoms with E-state index in [1.165, 1.54) is 6.26 Å². The Morgan fingerprint density at radius 1 is 1.16 bits per heavy atom. The van der Waals surface area contributed by atoms with Gasteiger partial charge < -0.3 is 25.0 Å². The van der Waals surface area contributed by atoms with E-state index in [9.17, 15) is 14.7 Å². The molecule has 0 unspecified atom stereocenters. The van der Waals surface area contributed by atoms with Gasteiger partial charge in [-0.15, -0.1) is 0 Å². The van der Waals surface area contributed by atoms with Crippen LogP contribution in [0.3, 0.4) is 0 Å². The summed E-state index contributed by atoms with van der Waals surface area (Å²) in [6.07, 6.45) is 2.94. The van der Waals surface area contributed by atoms with Crippen LogP contribution < -0.4 is 15.7 Å². The van der Waals surface area contributed by atoms with Gasteiger partial charge in [-0.25, -0.2) is 0 Å². The summed E-state index contributed by atoms with van der Waals surface area (Å²) in [4.78, 5) is 23.7. The normalized spacial score (nSPS) is 11.9. The third-order valence-corrected chi connectivity index (χ3v) is 4.15. The van der Waals surface area contributed by atoms with Gasteiger partial charge >= 0.3 is 0 Å². The molecule has 2 rings (SSSR count). The smallest absolute Gasteiger partial charge is 0.230 e. The molecule has 0 bridgehead atoms. The summed E-state index contributed by atoms with van der Waals surface area (Å²) in [6.45, 7) is 4.38. The van der Waals surface area contributed by atoms with Crippen LogP contribution in [0.2, 0.25) is 0 Å². The first-order valence-electron chi connectivity index (χ1n) is 8.52. The van der Waals surface area contributed by atoms with Crippen molar-refractivity contribution in [3.63, 3.8) is 0 Å². The molecule has 0 aliphatic carbocycles.